The molecule has 0 aromatic carbocycles. The van der Waals surface area contributed by atoms with Crippen molar-refractivity contribution in [3.63, 3.8) is 0 Å². The van der Waals surface area contributed by atoms with Gasteiger partial charge in [-0.2, -0.15) is 5.10 Å². The maximum atomic E-state index is 13.6. The molecule has 1 aromatic rings. The van der Waals surface area contributed by atoms with Gasteiger partial charge in [0.1, 0.15) is 0 Å². The molecular formula is C16H24F2N2. The SMILES string of the molecule is C=C(C1=Cc2c(c(C)nn2C)CC1)C(F)(F)CC.CC. The van der Waals surface area contributed by atoms with Crippen molar-refractivity contribution in [1.29, 1.82) is 0 Å². The van der Waals surface area contributed by atoms with Gasteiger partial charge in [-0.1, -0.05) is 27.4 Å². The summed E-state index contributed by atoms with van der Waals surface area (Å²) in [6.07, 6.45) is 2.98. The van der Waals surface area contributed by atoms with E-state index in [4.69, 9.17) is 0 Å². The van der Waals surface area contributed by atoms with Crippen molar-refractivity contribution < 1.29 is 8.78 Å². The first-order chi connectivity index (χ1) is 9.36. The zero-order valence-corrected chi connectivity index (χ0v) is 13.1. The zero-order valence-electron chi connectivity index (χ0n) is 13.1. The number of nitrogens with zero attached hydrogens (tertiary/aromatic N) is 2. The summed E-state index contributed by atoms with van der Waals surface area (Å²) < 4.78 is 29.1. The Morgan fingerprint density at radius 1 is 1.40 bits per heavy atom. The van der Waals surface area contributed by atoms with E-state index < -0.39 is 5.92 Å². The maximum absolute atomic E-state index is 13.6. The van der Waals surface area contributed by atoms with E-state index in [1.807, 2.05) is 33.9 Å². The Kier molecular flexibility index (Phi) is 5.26. The summed E-state index contributed by atoms with van der Waals surface area (Å²) in [5.74, 6) is -2.81. The number of aromatic nitrogens is 2. The monoisotopic (exact) mass is 282 g/mol. The van der Waals surface area contributed by atoms with Gasteiger partial charge in [-0.3, -0.25) is 4.68 Å². The normalized spacial score (nSPS) is 14.1. The van der Waals surface area contributed by atoms with Gasteiger partial charge in [-0.25, -0.2) is 8.78 Å². The van der Waals surface area contributed by atoms with E-state index >= 15 is 0 Å². The van der Waals surface area contributed by atoms with Crippen molar-refractivity contribution in [3.8, 4) is 0 Å². The van der Waals surface area contributed by atoms with E-state index in [9.17, 15) is 8.78 Å². The number of hydrogen-bond donors (Lipinski definition) is 0. The summed E-state index contributed by atoms with van der Waals surface area (Å²) >= 11 is 0. The van der Waals surface area contributed by atoms with Gasteiger partial charge >= 0.3 is 0 Å². The Balaban J connectivity index is 0.000000956. The van der Waals surface area contributed by atoms with Gasteiger partial charge in [0.05, 0.1) is 11.4 Å². The lowest BCUT2D eigenvalue weighted by atomic mass is 9.88. The summed E-state index contributed by atoms with van der Waals surface area (Å²) in [6, 6.07) is 0. The summed E-state index contributed by atoms with van der Waals surface area (Å²) in [5, 5.41) is 4.32. The number of rotatable bonds is 3. The van der Waals surface area contributed by atoms with Gasteiger partial charge in [0, 0.05) is 24.6 Å². The van der Waals surface area contributed by atoms with E-state index in [1.165, 1.54) is 6.92 Å². The highest BCUT2D eigenvalue weighted by atomic mass is 19.3. The molecule has 0 bridgehead atoms. The van der Waals surface area contributed by atoms with Gasteiger partial charge in [-0.05, 0) is 31.4 Å². The molecule has 2 nitrogen and oxygen atoms in total. The molecule has 1 aliphatic rings. The summed E-state index contributed by atoms with van der Waals surface area (Å²) in [4.78, 5) is 0. The van der Waals surface area contributed by atoms with Gasteiger partial charge in [0.15, 0.2) is 0 Å². The Bertz CT molecular complexity index is 525. The number of hydrogen-bond acceptors (Lipinski definition) is 1. The molecule has 0 aliphatic heterocycles. The van der Waals surface area contributed by atoms with Crippen LogP contribution in [-0.2, 0) is 13.5 Å². The lowest BCUT2D eigenvalue weighted by Crippen LogP contribution is -2.20. The average molecular weight is 282 g/mol. The van der Waals surface area contributed by atoms with E-state index in [2.05, 4.69) is 11.7 Å². The second kappa shape index (κ2) is 6.33. The van der Waals surface area contributed by atoms with Crippen LogP contribution < -0.4 is 0 Å². The number of allylic oxidation sites excluding steroid dienone is 2. The fraction of sp³-hybridized carbons (Fsp3) is 0.562. The van der Waals surface area contributed by atoms with Crippen LogP contribution in [0.25, 0.3) is 6.08 Å². The smallest absolute Gasteiger partial charge is 0.268 e. The van der Waals surface area contributed by atoms with Crippen LogP contribution >= 0.6 is 0 Å². The molecule has 0 amide bonds. The molecule has 2 rings (SSSR count). The predicted molar refractivity (Wildman–Crippen MR) is 80.0 cm³/mol. The number of halogens is 2. The minimum atomic E-state index is -2.81. The van der Waals surface area contributed by atoms with Crippen LogP contribution in [-0.4, -0.2) is 15.7 Å². The van der Waals surface area contributed by atoms with E-state index in [0.717, 1.165) is 23.4 Å². The highest BCUT2D eigenvalue weighted by Crippen LogP contribution is 2.37. The highest BCUT2D eigenvalue weighted by molar-refractivity contribution is 5.63. The second-order valence-corrected chi connectivity index (χ2v) is 4.78. The zero-order chi connectivity index (χ0) is 15.5. The average Bonchev–Trinajstić information content (AvgIpc) is 2.75. The third kappa shape index (κ3) is 3.00. The topological polar surface area (TPSA) is 17.8 Å². The van der Waals surface area contributed by atoms with Crippen molar-refractivity contribution in [2.24, 2.45) is 7.05 Å². The van der Waals surface area contributed by atoms with E-state index in [0.29, 0.717) is 12.0 Å². The van der Waals surface area contributed by atoms with Gasteiger partial charge in [-0.15, -0.1) is 0 Å². The Labute approximate surface area is 120 Å². The van der Waals surface area contributed by atoms with Crippen LogP contribution in [0, 0.1) is 6.92 Å². The molecule has 0 fully saturated rings. The molecule has 1 aliphatic carbocycles. The van der Waals surface area contributed by atoms with Crippen LogP contribution in [0.3, 0.4) is 0 Å². The third-order valence-corrected chi connectivity index (χ3v) is 3.62. The molecule has 0 saturated heterocycles. The standard InChI is InChI=1S/C14H18F2N2.C2H6/c1-5-14(15,16)9(2)11-6-7-12-10(3)17-18(4)13(12)8-11;1-2/h8H,2,5-7H2,1,3-4H3;1-2H3. The molecule has 0 N–H and O–H groups in total. The van der Waals surface area contributed by atoms with Crippen LogP contribution in [0.4, 0.5) is 8.78 Å². The minimum Gasteiger partial charge on any atom is -0.268 e. The fourth-order valence-corrected chi connectivity index (χ4v) is 2.39. The fourth-order valence-electron chi connectivity index (χ4n) is 2.39. The predicted octanol–water partition coefficient (Wildman–Crippen LogP) is 4.69. The molecule has 0 spiro atoms. The van der Waals surface area contributed by atoms with Crippen LogP contribution in [0.15, 0.2) is 17.7 Å². The molecule has 4 heteroatoms. The molecule has 1 heterocycles. The quantitative estimate of drug-likeness (QED) is 0.786. The van der Waals surface area contributed by atoms with Crippen molar-refractivity contribution in [3.05, 3.63) is 34.7 Å². The molecular weight excluding hydrogens is 258 g/mol. The molecule has 0 saturated carbocycles. The van der Waals surface area contributed by atoms with E-state index in [1.54, 1.807) is 4.68 Å². The van der Waals surface area contributed by atoms with Crippen LogP contribution in [0.1, 0.15) is 50.6 Å². The number of alkyl halides is 2. The lowest BCUT2D eigenvalue weighted by Gasteiger charge is -2.22. The molecule has 0 radical (unpaired) electrons. The van der Waals surface area contributed by atoms with E-state index in [-0.39, 0.29) is 12.0 Å². The first kappa shape index (κ1) is 16.6. The Hall–Kier alpha value is -1.45. The summed E-state index contributed by atoms with van der Waals surface area (Å²) in [6.45, 7) is 11.0. The number of aryl methyl sites for hydroxylation is 2. The first-order valence-corrected chi connectivity index (χ1v) is 7.17. The molecule has 0 atom stereocenters. The molecule has 1 aromatic heterocycles. The highest BCUT2D eigenvalue weighted by Gasteiger charge is 2.33. The van der Waals surface area contributed by atoms with Gasteiger partial charge in [0.2, 0.25) is 0 Å². The Morgan fingerprint density at radius 3 is 2.55 bits per heavy atom. The largest absolute Gasteiger partial charge is 0.272 e. The van der Waals surface area contributed by atoms with Crippen LogP contribution in [0.5, 0.6) is 0 Å². The third-order valence-electron chi connectivity index (χ3n) is 3.62. The second-order valence-electron chi connectivity index (χ2n) is 4.78. The van der Waals surface area contributed by atoms with Crippen molar-refractivity contribution in [2.45, 2.75) is 52.9 Å². The van der Waals surface area contributed by atoms with Crippen molar-refractivity contribution in [2.75, 3.05) is 0 Å². The number of fused-ring (bicyclic) bond motifs is 1. The lowest BCUT2D eigenvalue weighted by molar-refractivity contribution is 0.0402. The van der Waals surface area contributed by atoms with Crippen molar-refractivity contribution in [1.82, 2.24) is 9.78 Å². The van der Waals surface area contributed by atoms with Gasteiger partial charge < -0.3 is 0 Å². The summed E-state index contributed by atoms with van der Waals surface area (Å²) in [5.41, 5.74) is 3.68. The molecule has 0 unspecified atom stereocenters. The van der Waals surface area contributed by atoms with Crippen LogP contribution in [0.2, 0.25) is 0 Å². The van der Waals surface area contributed by atoms with Gasteiger partial charge in [0.25, 0.3) is 5.92 Å². The van der Waals surface area contributed by atoms with Crippen molar-refractivity contribution >= 4 is 6.08 Å². The Morgan fingerprint density at radius 2 is 2.00 bits per heavy atom. The molecule has 20 heavy (non-hydrogen) atoms. The minimum absolute atomic E-state index is 0.0468. The summed E-state index contributed by atoms with van der Waals surface area (Å²) in [7, 11) is 1.84. The maximum Gasteiger partial charge on any atom is 0.272 e. The first-order valence-electron chi connectivity index (χ1n) is 7.17. The molecule has 112 valence electrons.